The number of aliphatic carboxylic acids is 1. The first-order valence-corrected chi connectivity index (χ1v) is 21.9. The van der Waals surface area contributed by atoms with Crippen LogP contribution < -0.4 is 5.32 Å². The van der Waals surface area contributed by atoms with Gasteiger partial charge in [-0.2, -0.15) is 36.5 Å². The summed E-state index contributed by atoms with van der Waals surface area (Å²) < 4.78 is 80.2. The van der Waals surface area contributed by atoms with Crippen LogP contribution in [0.3, 0.4) is 0 Å². The highest BCUT2D eigenvalue weighted by Crippen LogP contribution is 2.41. The zero-order valence-corrected chi connectivity index (χ0v) is 38.0. The maximum atomic E-state index is 13.7. The molecule has 0 atom stereocenters. The van der Waals surface area contributed by atoms with E-state index in [-0.39, 0.29) is 55.7 Å². The van der Waals surface area contributed by atoms with Crippen molar-refractivity contribution in [3.63, 3.8) is 0 Å². The number of benzene rings is 2. The van der Waals surface area contributed by atoms with Crippen LogP contribution in [-0.4, -0.2) is 115 Å². The Bertz CT molecular complexity index is 2390. The number of amides is 3. The lowest BCUT2D eigenvalue weighted by molar-refractivity contribution is -0.148. The monoisotopic (exact) mass is 994 g/mol. The second kappa shape index (κ2) is 19.7. The van der Waals surface area contributed by atoms with Gasteiger partial charge in [-0.1, -0.05) is 70.7 Å². The van der Waals surface area contributed by atoms with Crippen molar-refractivity contribution in [1.82, 2.24) is 39.6 Å². The third-order valence-electron chi connectivity index (χ3n) is 12.3. The number of nitrogens with zero attached hydrogens (tertiary/aromatic N) is 7. The summed E-state index contributed by atoms with van der Waals surface area (Å²) in [7, 11) is 0. The summed E-state index contributed by atoms with van der Waals surface area (Å²) in [5.74, 6) is -1.80. The molecule has 2 N–H and O–H groups in total. The van der Waals surface area contributed by atoms with E-state index in [9.17, 15) is 50.6 Å². The summed E-state index contributed by atoms with van der Waals surface area (Å²) in [5.41, 5.74) is -2.84. The second-order valence-corrected chi connectivity index (χ2v) is 17.7. The summed E-state index contributed by atoms with van der Waals surface area (Å²) in [6, 6.07) is 13.8. The number of carbonyl (C=O) groups excluding carboxylic acids is 3. The molecule has 4 aromatic rings. The van der Waals surface area contributed by atoms with Crippen LogP contribution in [0.2, 0.25) is 20.1 Å². The SMILES string of the molecule is Cc1c(Cl)c(C(F)(F)F)nn1CC(=O)N1CCC(C(=O)N2CCNCC2)(c2ccc(Cl)cc2)CC1.Cc1c(Cl)c(C(F)(F)F)nn1CC(=O)N1CCC(C(=O)O)(c2ccc(Cl)cc2)CC1. The molecule has 65 heavy (non-hydrogen) atoms. The van der Waals surface area contributed by atoms with E-state index in [0.717, 1.165) is 28.0 Å². The van der Waals surface area contributed by atoms with E-state index in [0.29, 0.717) is 54.6 Å². The summed E-state index contributed by atoms with van der Waals surface area (Å²) in [6.07, 6.45) is -8.29. The summed E-state index contributed by atoms with van der Waals surface area (Å²) in [4.78, 5) is 56.2. The number of alkyl halides is 6. The molecule has 3 saturated heterocycles. The van der Waals surface area contributed by atoms with Gasteiger partial charge in [-0.25, -0.2) is 0 Å². The van der Waals surface area contributed by atoms with E-state index in [1.807, 2.05) is 17.0 Å². The first kappa shape index (κ1) is 49.9. The highest BCUT2D eigenvalue weighted by Gasteiger charge is 2.47. The maximum Gasteiger partial charge on any atom is 0.436 e. The van der Waals surface area contributed by atoms with Crippen molar-refractivity contribution in [3.8, 4) is 0 Å². The van der Waals surface area contributed by atoms with Crippen LogP contribution >= 0.6 is 46.4 Å². The van der Waals surface area contributed by atoms with Crippen LogP contribution in [-0.2, 0) is 55.5 Å². The minimum atomic E-state index is -4.72. The van der Waals surface area contributed by atoms with Gasteiger partial charge in [0.05, 0.1) is 32.3 Å². The third-order valence-corrected chi connectivity index (χ3v) is 13.7. The Morgan fingerprint density at radius 3 is 1.29 bits per heavy atom. The summed E-state index contributed by atoms with van der Waals surface area (Å²) in [6.45, 7) is 5.51. The fourth-order valence-electron chi connectivity index (χ4n) is 8.41. The van der Waals surface area contributed by atoms with Gasteiger partial charge in [0.2, 0.25) is 17.7 Å². The van der Waals surface area contributed by atoms with Crippen molar-refractivity contribution in [1.29, 1.82) is 0 Å². The molecule has 2 aromatic heterocycles. The van der Waals surface area contributed by atoms with E-state index < -0.39 is 63.0 Å². The molecule has 3 amide bonds. The third kappa shape index (κ3) is 10.7. The molecule has 3 fully saturated rings. The van der Waals surface area contributed by atoms with Crippen molar-refractivity contribution in [3.05, 3.63) is 103 Å². The average molecular weight is 997 g/mol. The Morgan fingerprint density at radius 2 is 0.954 bits per heavy atom. The lowest BCUT2D eigenvalue weighted by atomic mass is 9.71. The number of aromatic nitrogens is 4. The summed E-state index contributed by atoms with van der Waals surface area (Å²) >= 11 is 23.5. The van der Waals surface area contributed by atoms with Crippen LogP contribution in [0.25, 0.3) is 0 Å². The minimum absolute atomic E-state index is 0.0259. The predicted octanol–water partition coefficient (Wildman–Crippen LogP) is 7.67. The Hall–Kier alpha value is -4.56. The van der Waals surface area contributed by atoms with Crippen molar-refractivity contribution >= 4 is 70.1 Å². The van der Waals surface area contributed by atoms with E-state index in [2.05, 4.69) is 15.5 Å². The molecule has 7 rings (SSSR count). The zero-order chi connectivity index (χ0) is 47.6. The van der Waals surface area contributed by atoms with Crippen LogP contribution in [0, 0.1) is 13.8 Å². The molecule has 0 aliphatic carbocycles. The van der Waals surface area contributed by atoms with Gasteiger partial charge in [-0.05, 0) is 74.9 Å². The molecule has 23 heteroatoms. The number of halogens is 10. The highest BCUT2D eigenvalue weighted by molar-refractivity contribution is 6.32. The average Bonchev–Trinajstić information content (AvgIpc) is 3.73. The lowest BCUT2D eigenvalue weighted by Crippen LogP contribution is -2.57. The topological polar surface area (TPSA) is 146 Å². The Morgan fingerprint density at radius 1 is 0.600 bits per heavy atom. The predicted molar refractivity (Wildman–Crippen MR) is 229 cm³/mol. The Kier molecular flexibility index (Phi) is 15.1. The van der Waals surface area contributed by atoms with E-state index >= 15 is 0 Å². The van der Waals surface area contributed by atoms with Crippen LogP contribution in [0.1, 0.15) is 59.6 Å². The van der Waals surface area contributed by atoms with Gasteiger partial charge in [0.1, 0.15) is 13.1 Å². The molecule has 3 aliphatic rings. The van der Waals surface area contributed by atoms with Crippen molar-refractivity contribution < 1.29 is 50.6 Å². The van der Waals surface area contributed by atoms with Gasteiger partial charge in [0, 0.05) is 62.4 Å². The van der Waals surface area contributed by atoms with Crippen LogP contribution in [0.15, 0.2) is 48.5 Å². The number of piperazine rings is 1. The maximum absolute atomic E-state index is 13.7. The molecular weight excluding hydrogens is 952 g/mol. The molecular formula is C42H44Cl4F6N8O5. The fourth-order valence-corrected chi connectivity index (χ4v) is 9.15. The molecule has 0 spiro atoms. The molecule has 0 bridgehead atoms. The molecule has 0 radical (unpaired) electrons. The van der Waals surface area contributed by atoms with E-state index in [1.165, 1.54) is 18.7 Å². The van der Waals surface area contributed by atoms with Crippen molar-refractivity contribution in [2.45, 2.75) is 75.8 Å². The van der Waals surface area contributed by atoms with E-state index in [4.69, 9.17) is 46.4 Å². The largest absolute Gasteiger partial charge is 0.481 e. The fraction of sp³-hybridized carbons (Fsp3) is 0.476. The molecule has 13 nitrogen and oxygen atoms in total. The lowest BCUT2D eigenvalue weighted by Gasteiger charge is -2.44. The molecule has 0 unspecified atom stereocenters. The number of likely N-dealkylation sites (tertiary alicyclic amines) is 2. The number of piperidine rings is 2. The quantitative estimate of drug-likeness (QED) is 0.171. The summed E-state index contributed by atoms with van der Waals surface area (Å²) in [5, 5.41) is 20.1. The number of nitrogens with one attached hydrogen (secondary N) is 1. The van der Waals surface area contributed by atoms with Crippen LogP contribution in [0.5, 0.6) is 0 Å². The van der Waals surface area contributed by atoms with Gasteiger partial charge in [-0.3, -0.25) is 28.5 Å². The highest BCUT2D eigenvalue weighted by atomic mass is 35.5. The smallest absolute Gasteiger partial charge is 0.436 e. The second-order valence-electron chi connectivity index (χ2n) is 16.1. The number of hydrogen-bond donors (Lipinski definition) is 2. The Labute approximate surface area is 389 Å². The van der Waals surface area contributed by atoms with Gasteiger partial charge < -0.3 is 25.1 Å². The first-order chi connectivity index (χ1) is 30.5. The normalized spacial score (nSPS) is 17.6. The van der Waals surface area contributed by atoms with Gasteiger partial charge in [0.15, 0.2) is 11.4 Å². The van der Waals surface area contributed by atoms with Gasteiger partial charge in [0.25, 0.3) is 0 Å². The molecule has 0 saturated carbocycles. The van der Waals surface area contributed by atoms with Gasteiger partial charge in [-0.15, -0.1) is 0 Å². The molecule has 5 heterocycles. The van der Waals surface area contributed by atoms with Crippen LogP contribution in [0.4, 0.5) is 26.3 Å². The number of carbonyl (C=O) groups is 4. The number of carboxylic acids is 1. The van der Waals surface area contributed by atoms with Crippen molar-refractivity contribution in [2.75, 3.05) is 52.4 Å². The number of carboxylic acid groups (broad SMARTS) is 1. The molecule has 352 valence electrons. The number of rotatable bonds is 8. The Balaban J connectivity index is 0.000000218. The zero-order valence-electron chi connectivity index (χ0n) is 35.0. The number of hydrogen-bond acceptors (Lipinski definition) is 7. The standard InChI is InChI=1S/C23H26Cl2F3N5O2.C19H18Cl2F3N3O3/c1-15-19(25)20(23(26,27)28)30-33(15)14-18(34)31-10-6-22(7-11-31,16-2-4-17(24)5-3-16)21(35)32-12-8-29-9-13-32;1-11-15(21)16(19(22,23)24)25-27(11)10-14(28)26-8-6-18(7-9-26,17(29)30)12-2-4-13(20)5-3-12/h2-5,29H,6-14H2,1H3;2-5H,6-10H2,1H3,(H,29,30). The first-order valence-electron chi connectivity index (χ1n) is 20.4. The van der Waals surface area contributed by atoms with Gasteiger partial charge >= 0.3 is 18.3 Å². The molecule has 2 aromatic carbocycles. The minimum Gasteiger partial charge on any atom is -0.481 e. The molecule has 3 aliphatic heterocycles. The van der Waals surface area contributed by atoms with Crippen molar-refractivity contribution in [2.24, 2.45) is 0 Å². The van der Waals surface area contributed by atoms with E-state index in [1.54, 1.807) is 41.3 Å².